The standard InChI is InChI=1S/C17H24N4O2/c1-13(22)9-12-20(3)17(23)19-14(2)15-5-7-16(8-6-15)21-11-4-10-18-21/h4-8,10-11,13-14,22H,9,12H2,1-3H3,(H,19,23). The lowest BCUT2D eigenvalue weighted by Crippen LogP contribution is -2.39. The van der Waals surface area contributed by atoms with E-state index in [4.69, 9.17) is 0 Å². The van der Waals surface area contributed by atoms with Crippen molar-refractivity contribution in [3.05, 3.63) is 48.3 Å². The first-order valence-electron chi connectivity index (χ1n) is 7.77. The maximum atomic E-state index is 12.1. The van der Waals surface area contributed by atoms with Gasteiger partial charge < -0.3 is 15.3 Å². The van der Waals surface area contributed by atoms with Crippen molar-refractivity contribution in [1.29, 1.82) is 0 Å². The third kappa shape index (κ3) is 4.82. The van der Waals surface area contributed by atoms with Crippen molar-refractivity contribution in [3.8, 4) is 5.69 Å². The number of nitrogens with one attached hydrogen (secondary N) is 1. The van der Waals surface area contributed by atoms with E-state index in [9.17, 15) is 9.90 Å². The predicted molar refractivity (Wildman–Crippen MR) is 89.4 cm³/mol. The van der Waals surface area contributed by atoms with Gasteiger partial charge in [0, 0.05) is 26.0 Å². The van der Waals surface area contributed by atoms with Crippen LogP contribution >= 0.6 is 0 Å². The van der Waals surface area contributed by atoms with Crippen molar-refractivity contribution < 1.29 is 9.90 Å². The Morgan fingerprint density at radius 3 is 2.61 bits per heavy atom. The van der Waals surface area contributed by atoms with Crippen LogP contribution in [0.2, 0.25) is 0 Å². The quantitative estimate of drug-likeness (QED) is 0.859. The van der Waals surface area contributed by atoms with Gasteiger partial charge in [0.25, 0.3) is 0 Å². The molecule has 124 valence electrons. The molecule has 1 heterocycles. The summed E-state index contributed by atoms with van der Waals surface area (Å²) in [5, 5.41) is 16.4. The molecule has 0 aliphatic carbocycles. The average Bonchev–Trinajstić information content (AvgIpc) is 3.07. The number of nitrogens with zero attached hydrogens (tertiary/aromatic N) is 3. The molecule has 23 heavy (non-hydrogen) atoms. The fourth-order valence-electron chi connectivity index (χ4n) is 2.20. The molecule has 0 spiro atoms. The Balaban J connectivity index is 1.92. The number of amides is 2. The van der Waals surface area contributed by atoms with Crippen LogP contribution in [0.3, 0.4) is 0 Å². The number of carbonyl (C=O) groups is 1. The summed E-state index contributed by atoms with van der Waals surface area (Å²) in [6.07, 6.45) is 3.78. The smallest absolute Gasteiger partial charge is 0.317 e. The minimum atomic E-state index is -0.405. The first kappa shape index (κ1) is 17.0. The minimum absolute atomic E-state index is 0.0943. The highest BCUT2D eigenvalue weighted by Gasteiger charge is 2.13. The molecule has 0 aliphatic rings. The van der Waals surface area contributed by atoms with Gasteiger partial charge in [-0.2, -0.15) is 5.10 Å². The average molecular weight is 316 g/mol. The summed E-state index contributed by atoms with van der Waals surface area (Å²) in [4.78, 5) is 13.7. The van der Waals surface area contributed by atoms with Gasteiger partial charge in [-0.3, -0.25) is 0 Å². The molecule has 0 radical (unpaired) electrons. The molecule has 0 aliphatic heterocycles. The molecule has 2 atom stereocenters. The topological polar surface area (TPSA) is 70.4 Å². The number of urea groups is 1. The molecule has 0 saturated carbocycles. The molecule has 1 aromatic carbocycles. The number of aliphatic hydroxyl groups is 1. The number of rotatable bonds is 6. The number of hydrogen-bond acceptors (Lipinski definition) is 3. The van der Waals surface area contributed by atoms with Crippen LogP contribution in [0.5, 0.6) is 0 Å². The van der Waals surface area contributed by atoms with Crippen LogP contribution in [0.4, 0.5) is 4.79 Å². The molecule has 6 heteroatoms. The Kier molecular flexibility index (Phi) is 5.76. The molecule has 2 amide bonds. The number of aliphatic hydroxyl groups excluding tert-OH is 1. The maximum absolute atomic E-state index is 12.1. The van der Waals surface area contributed by atoms with E-state index in [1.165, 1.54) is 0 Å². The van der Waals surface area contributed by atoms with E-state index in [2.05, 4.69) is 10.4 Å². The van der Waals surface area contributed by atoms with Crippen molar-refractivity contribution in [2.75, 3.05) is 13.6 Å². The van der Waals surface area contributed by atoms with Gasteiger partial charge >= 0.3 is 6.03 Å². The van der Waals surface area contributed by atoms with E-state index in [0.29, 0.717) is 13.0 Å². The summed E-state index contributed by atoms with van der Waals surface area (Å²) < 4.78 is 1.79. The predicted octanol–water partition coefficient (Wildman–Crippen LogP) is 2.35. The van der Waals surface area contributed by atoms with Gasteiger partial charge in [-0.15, -0.1) is 0 Å². The summed E-state index contributed by atoms with van der Waals surface area (Å²) in [5.41, 5.74) is 2.00. The van der Waals surface area contributed by atoms with Crippen LogP contribution in [0.25, 0.3) is 5.69 Å². The molecule has 2 aromatic rings. The molecule has 0 bridgehead atoms. The second kappa shape index (κ2) is 7.78. The summed E-state index contributed by atoms with van der Waals surface area (Å²) in [6.45, 7) is 4.19. The fourth-order valence-corrected chi connectivity index (χ4v) is 2.20. The zero-order valence-corrected chi connectivity index (χ0v) is 13.8. The largest absolute Gasteiger partial charge is 0.393 e. The van der Waals surface area contributed by atoms with E-state index in [-0.39, 0.29) is 12.1 Å². The maximum Gasteiger partial charge on any atom is 0.317 e. The first-order chi connectivity index (χ1) is 11.0. The lowest BCUT2D eigenvalue weighted by atomic mass is 10.1. The zero-order chi connectivity index (χ0) is 16.8. The minimum Gasteiger partial charge on any atom is -0.393 e. The van der Waals surface area contributed by atoms with Gasteiger partial charge in [0.1, 0.15) is 0 Å². The van der Waals surface area contributed by atoms with Crippen molar-refractivity contribution in [2.45, 2.75) is 32.4 Å². The lowest BCUT2D eigenvalue weighted by molar-refractivity contribution is 0.162. The zero-order valence-electron chi connectivity index (χ0n) is 13.8. The van der Waals surface area contributed by atoms with Crippen LogP contribution in [-0.4, -0.2) is 45.5 Å². The number of benzene rings is 1. The highest BCUT2D eigenvalue weighted by Crippen LogP contribution is 2.15. The molecular formula is C17H24N4O2. The number of hydrogen-bond donors (Lipinski definition) is 2. The van der Waals surface area contributed by atoms with E-state index in [1.54, 1.807) is 29.7 Å². The van der Waals surface area contributed by atoms with E-state index < -0.39 is 6.10 Å². The number of aromatic nitrogens is 2. The highest BCUT2D eigenvalue weighted by molar-refractivity contribution is 5.74. The molecular weight excluding hydrogens is 292 g/mol. The Bertz CT molecular complexity index is 608. The normalized spacial score (nSPS) is 13.4. The molecule has 6 nitrogen and oxygen atoms in total. The van der Waals surface area contributed by atoms with Gasteiger partial charge in [-0.25, -0.2) is 9.48 Å². The van der Waals surface area contributed by atoms with Gasteiger partial charge in [-0.1, -0.05) is 12.1 Å². The third-order valence-electron chi connectivity index (χ3n) is 3.73. The summed E-state index contributed by atoms with van der Waals surface area (Å²) >= 11 is 0. The summed E-state index contributed by atoms with van der Waals surface area (Å²) in [6, 6.07) is 9.55. The first-order valence-corrected chi connectivity index (χ1v) is 7.77. The van der Waals surface area contributed by atoms with Crippen LogP contribution in [0, 0.1) is 0 Å². The molecule has 0 saturated heterocycles. The van der Waals surface area contributed by atoms with E-state index in [0.717, 1.165) is 11.3 Å². The Labute approximate surface area is 136 Å². The summed E-state index contributed by atoms with van der Waals surface area (Å²) in [5.74, 6) is 0. The SMILES string of the molecule is CC(O)CCN(C)C(=O)NC(C)c1ccc(-n2cccn2)cc1. The molecule has 2 N–H and O–H groups in total. The van der Waals surface area contributed by atoms with Crippen LogP contribution in [-0.2, 0) is 0 Å². The van der Waals surface area contributed by atoms with Crippen LogP contribution in [0.15, 0.2) is 42.7 Å². The summed E-state index contributed by atoms with van der Waals surface area (Å²) in [7, 11) is 1.73. The van der Waals surface area contributed by atoms with Crippen molar-refractivity contribution in [3.63, 3.8) is 0 Å². The Morgan fingerprint density at radius 2 is 2.04 bits per heavy atom. The highest BCUT2D eigenvalue weighted by atomic mass is 16.3. The van der Waals surface area contributed by atoms with E-state index >= 15 is 0 Å². The van der Waals surface area contributed by atoms with Gasteiger partial charge in [-0.05, 0) is 44.0 Å². The number of carbonyl (C=O) groups excluding carboxylic acids is 1. The van der Waals surface area contributed by atoms with Crippen LogP contribution in [0.1, 0.15) is 31.9 Å². The van der Waals surface area contributed by atoms with Gasteiger partial charge in [0.05, 0.1) is 17.8 Å². The Morgan fingerprint density at radius 1 is 1.35 bits per heavy atom. The van der Waals surface area contributed by atoms with Crippen LogP contribution < -0.4 is 5.32 Å². The van der Waals surface area contributed by atoms with E-state index in [1.807, 2.05) is 43.5 Å². The van der Waals surface area contributed by atoms with Crippen molar-refractivity contribution in [2.24, 2.45) is 0 Å². The fraction of sp³-hybridized carbons (Fsp3) is 0.412. The van der Waals surface area contributed by atoms with Crippen molar-refractivity contribution in [1.82, 2.24) is 20.0 Å². The molecule has 2 unspecified atom stereocenters. The molecule has 2 rings (SSSR count). The molecule has 0 fully saturated rings. The van der Waals surface area contributed by atoms with Gasteiger partial charge in [0.15, 0.2) is 0 Å². The third-order valence-corrected chi connectivity index (χ3v) is 3.73. The second-order valence-electron chi connectivity index (χ2n) is 5.77. The monoisotopic (exact) mass is 316 g/mol. The van der Waals surface area contributed by atoms with Gasteiger partial charge in [0.2, 0.25) is 0 Å². The second-order valence-corrected chi connectivity index (χ2v) is 5.77. The Hall–Kier alpha value is -2.34. The molecule has 1 aromatic heterocycles. The van der Waals surface area contributed by atoms with Crippen molar-refractivity contribution >= 4 is 6.03 Å². The lowest BCUT2D eigenvalue weighted by Gasteiger charge is -2.22.